The molecule has 8 atom stereocenters. The smallest absolute Gasteiger partial charge is 0.313 e. The molecular weight excluding hydrogens is 432 g/mol. The van der Waals surface area contributed by atoms with Crippen molar-refractivity contribution in [1.82, 2.24) is 0 Å². The molecule has 0 amide bonds. The highest BCUT2D eigenvalue weighted by molar-refractivity contribution is 5.82. The van der Waals surface area contributed by atoms with Crippen molar-refractivity contribution in [2.24, 2.45) is 28.6 Å². The molecule has 2 saturated heterocycles. The minimum atomic E-state index is -0.941. The summed E-state index contributed by atoms with van der Waals surface area (Å²) in [7, 11) is 0. The molecule has 0 N–H and O–H groups in total. The average Bonchev–Trinajstić information content (AvgIpc) is 3.45. The van der Waals surface area contributed by atoms with Crippen molar-refractivity contribution >= 4 is 23.9 Å². The summed E-state index contributed by atoms with van der Waals surface area (Å²) in [5.41, 5.74) is -1.05. The van der Waals surface area contributed by atoms with Crippen molar-refractivity contribution in [2.45, 2.75) is 64.8 Å². The molecule has 2 aliphatic carbocycles. The summed E-state index contributed by atoms with van der Waals surface area (Å²) in [6.07, 6.45) is 2.94. The van der Waals surface area contributed by atoms with Gasteiger partial charge in [0.25, 0.3) is 0 Å². The Labute approximate surface area is 191 Å². The quantitative estimate of drug-likeness (QED) is 0.495. The van der Waals surface area contributed by atoms with Crippen LogP contribution in [0.2, 0.25) is 0 Å². The van der Waals surface area contributed by atoms with Crippen molar-refractivity contribution in [3.05, 3.63) is 24.2 Å². The molecule has 0 unspecified atom stereocenters. The van der Waals surface area contributed by atoms with Gasteiger partial charge in [0.2, 0.25) is 0 Å². The number of furan rings is 1. The second-order valence-corrected chi connectivity index (χ2v) is 9.96. The number of carbonyl (C=O) groups excluding carboxylic acids is 4. The summed E-state index contributed by atoms with van der Waals surface area (Å²) in [5.74, 6) is -2.91. The van der Waals surface area contributed by atoms with Gasteiger partial charge >= 0.3 is 23.9 Å². The molecule has 5 rings (SSSR count). The number of hydrogen-bond donors (Lipinski definition) is 0. The lowest BCUT2D eigenvalue weighted by molar-refractivity contribution is -0.215. The molecule has 0 aromatic carbocycles. The number of hydrogen-bond acceptors (Lipinski definition) is 9. The molecule has 2 saturated carbocycles. The van der Waals surface area contributed by atoms with E-state index in [-0.39, 0.29) is 24.9 Å². The molecule has 2 aliphatic heterocycles. The van der Waals surface area contributed by atoms with Crippen LogP contribution < -0.4 is 0 Å². The van der Waals surface area contributed by atoms with E-state index in [0.717, 1.165) is 5.56 Å². The molecule has 4 aliphatic rings. The standard InChI is InChI=1S/C24H28O9/c1-12-6-20(32-14(3)26)24-11-30-21(27)17(24)7-16(31-13(2)25)8-19(24)23(12)9-18(33-22(23)28)15-4-5-29-10-15/h4-5,10,12,16-20H,6-9,11H2,1-3H3/t12-,16-,17+,18+,19-,20-,23-,24+/m1/s1. The first kappa shape index (κ1) is 22.0. The molecule has 3 heterocycles. The van der Waals surface area contributed by atoms with Crippen molar-refractivity contribution in [1.29, 1.82) is 0 Å². The van der Waals surface area contributed by atoms with E-state index in [2.05, 4.69) is 0 Å². The zero-order valence-corrected chi connectivity index (χ0v) is 18.9. The predicted molar refractivity (Wildman–Crippen MR) is 109 cm³/mol. The Kier molecular flexibility index (Phi) is 5.06. The molecule has 1 aromatic rings. The summed E-state index contributed by atoms with van der Waals surface area (Å²) in [4.78, 5) is 50.4. The Morgan fingerprint density at radius 2 is 1.85 bits per heavy atom. The van der Waals surface area contributed by atoms with Gasteiger partial charge in [-0.15, -0.1) is 0 Å². The largest absolute Gasteiger partial charge is 0.472 e. The van der Waals surface area contributed by atoms with Crippen LogP contribution in [0.4, 0.5) is 0 Å². The van der Waals surface area contributed by atoms with Gasteiger partial charge < -0.3 is 23.4 Å². The van der Waals surface area contributed by atoms with Gasteiger partial charge in [-0.1, -0.05) is 6.92 Å². The Bertz CT molecular complexity index is 984. The number of ether oxygens (including phenoxy) is 4. The fraction of sp³-hybridized carbons (Fsp3) is 0.667. The zero-order valence-electron chi connectivity index (χ0n) is 18.9. The summed E-state index contributed by atoms with van der Waals surface area (Å²) < 4.78 is 28.0. The number of cyclic esters (lactones) is 2. The van der Waals surface area contributed by atoms with Crippen LogP contribution in [0.1, 0.15) is 58.1 Å². The van der Waals surface area contributed by atoms with Gasteiger partial charge in [0.05, 0.1) is 29.3 Å². The van der Waals surface area contributed by atoms with Gasteiger partial charge in [-0.05, 0) is 37.2 Å². The lowest BCUT2D eigenvalue weighted by atomic mass is 9.43. The Balaban J connectivity index is 1.62. The minimum Gasteiger partial charge on any atom is -0.472 e. The molecule has 33 heavy (non-hydrogen) atoms. The maximum absolute atomic E-state index is 13.7. The number of fused-ring (bicyclic) bond motifs is 1. The number of rotatable bonds is 3. The first-order chi connectivity index (χ1) is 15.7. The minimum absolute atomic E-state index is 0.0596. The van der Waals surface area contributed by atoms with E-state index in [0.29, 0.717) is 19.3 Å². The lowest BCUT2D eigenvalue weighted by Crippen LogP contribution is -2.65. The first-order valence-corrected chi connectivity index (χ1v) is 11.4. The van der Waals surface area contributed by atoms with Crippen LogP contribution in [-0.4, -0.2) is 42.7 Å². The molecule has 9 heteroatoms. The van der Waals surface area contributed by atoms with Gasteiger partial charge in [0, 0.05) is 25.8 Å². The van der Waals surface area contributed by atoms with Crippen LogP contribution in [0.3, 0.4) is 0 Å². The van der Waals surface area contributed by atoms with Crippen LogP contribution in [-0.2, 0) is 38.1 Å². The Morgan fingerprint density at radius 1 is 1.09 bits per heavy atom. The third kappa shape index (κ3) is 3.11. The zero-order chi connectivity index (χ0) is 23.5. The predicted octanol–water partition coefficient (Wildman–Crippen LogP) is 2.73. The molecular formula is C24H28O9. The third-order valence-electron chi connectivity index (χ3n) is 8.42. The van der Waals surface area contributed by atoms with Crippen molar-refractivity contribution < 1.29 is 42.5 Å². The van der Waals surface area contributed by atoms with Crippen LogP contribution in [0.25, 0.3) is 0 Å². The van der Waals surface area contributed by atoms with Gasteiger partial charge in [0.1, 0.15) is 24.9 Å². The maximum Gasteiger partial charge on any atom is 0.313 e. The number of carbonyl (C=O) groups is 4. The highest BCUT2D eigenvalue weighted by Crippen LogP contribution is 2.69. The summed E-state index contributed by atoms with van der Waals surface area (Å²) in [6, 6.07) is 1.77. The molecule has 4 fully saturated rings. The molecule has 0 bridgehead atoms. The van der Waals surface area contributed by atoms with Crippen LogP contribution in [0.5, 0.6) is 0 Å². The van der Waals surface area contributed by atoms with Crippen LogP contribution in [0, 0.1) is 28.6 Å². The summed E-state index contributed by atoms with van der Waals surface area (Å²) in [6.45, 7) is 4.69. The summed E-state index contributed by atoms with van der Waals surface area (Å²) in [5, 5.41) is 0. The second-order valence-electron chi connectivity index (χ2n) is 9.96. The van der Waals surface area contributed by atoms with E-state index in [4.69, 9.17) is 23.4 Å². The fourth-order valence-corrected chi connectivity index (χ4v) is 7.13. The van der Waals surface area contributed by atoms with E-state index >= 15 is 0 Å². The first-order valence-electron chi connectivity index (χ1n) is 11.4. The lowest BCUT2D eigenvalue weighted by Gasteiger charge is -2.59. The van der Waals surface area contributed by atoms with Gasteiger partial charge in [-0.3, -0.25) is 19.2 Å². The van der Waals surface area contributed by atoms with E-state index in [1.165, 1.54) is 20.1 Å². The molecule has 1 aromatic heterocycles. The fourth-order valence-electron chi connectivity index (χ4n) is 7.13. The van der Waals surface area contributed by atoms with E-state index in [9.17, 15) is 19.2 Å². The highest BCUT2D eigenvalue weighted by atomic mass is 16.6. The molecule has 2 spiro atoms. The van der Waals surface area contributed by atoms with E-state index < -0.39 is 58.9 Å². The van der Waals surface area contributed by atoms with E-state index in [1.54, 1.807) is 12.3 Å². The van der Waals surface area contributed by atoms with Gasteiger partial charge in [-0.25, -0.2) is 0 Å². The van der Waals surface area contributed by atoms with Gasteiger partial charge in [0.15, 0.2) is 0 Å². The van der Waals surface area contributed by atoms with Crippen LogP contribution >= 0.6 is 0 Å². The molecule has 0 radical (unpaired) electrons. The van der Waals surface area contributed by atoms with Crippen LogP contribution in [0.15, 0.2) is 23.0 Å². The number of esters is 4. The topological polar surface area (TPSA) is 118 Å². The summed E-state index contributed by atoms with van der Waals surface area (Å²) >= 11 is 0. The normalized spacial score (nSPS) is 41.7. The average molecular weight is 460 g/mol. The Morgan fingerprint density at radius 3 is 2.52 bits per heavy atom. The highest BCUT2D eigenvalue weighted by Gasteiger charge is 2.75. The van der Waals surface area contributed by atoms with E-state index in [1.807, 2.05) is 6.92 Å². The third-order valence-corrected chi connectivity index (χ3v) is 8.42. The van der Waals surface area contributed by atoms with Crippen molar-refractivity contribution in [3.63, 3.8) is 0 Å². The maximum atomic E-state index is 13.7. The van der Waals surface area contributed by atoms with Gasteiger partial charge in [-0.2, -0.15) is 0 Å². The molecule has 178 valence electrons. The second kappa shape index (κ2) is 7.60. The van der Waals surface area contributed by atoms with Crippen molar-refractivity contribution in [2.75, 3.05) is 6.61 Å². The monoisotopic (exact) mass is 460 g/mol. The SMILES string of the molecule is CC(=O)O[C@H]1C[C@@H]2[C@@]3(C[C@@H](c4ccoc4)OC3=O)[C@H](C)C[C@@H](OC(C)=O)[C@]23COC(=O)[C@@H]3C1. The van der Waals surface area contributed by atoms with Crippen molar-refractivity contribution in [3.8, 4) is 0 Å². The Hall–Kier alpha value is -2.84. The molecule has 9 nitrogen and oxygen atoms in total.